The van der Waals surface area contributed by atoms with E-state index in [4.69, 9.17) is 14.8 Å². The SMILES string of the molecule is CC#CCn1c(N2CCCCC2)nc2nc(Oc3ccc(CC(=O)O)cc3)n(C)c(=O)c21. The van der Waals surface area contributed by atoms with Crippen LogP contribution in [0.3, 0.4) is 0 Å². The molecule has 0 atom stereocenters. The van der Waals surface area contributed by atoms with E-state index in [0.29, 0.717) is 35.0 Å². The van der Waals surface area contributed by atoms with Crippen LogP contribution in [0.25, 0.3) is 11.2 Å². The van der Waals surface area contributed by atoms with Crippen LogP contribution >= 0.6 is 0 Å². The molecule has 0 bridgehead atoms. The van der Waals surface area contributed by atoms with Crippen LogP contribution in [0.5, 0.6) is 11.8 Å². The van der Waals surface area contributed by atoms with Crippen LogP contribution in [0.4, 0.5) is 5.95 Å². The second-order valence-corrected chi connectivity index (χ2v) is 7.72. The second-order valence-electron chi connectivity index (χ2n) is 7.72. The van der Waals surface area contributed by atoms with Gasteiger partial charge in [0, 0.05) is 20.1 Å². The minimum atomic E-state index is -0.902. The van der Waals surface area contributed by atoms with Gasteiger partial charge in [0.05, 0.1) is 13.0 Å². The Labute approximate surface area is 185 Å². The third-order valence-electron chi connectivity index (χ3n) is 5.47. The molecule has 0 radical (unpaired) electrons. The van der Waals surface area contributed by atoms with E-state index in [1.165, 1.54) is 11.0 Å². The van der Waals surface area contributed by atoms with Gasteiger partial charge in [-0.25, -0.2) is 0 Å². The molecular formula is C23H25N5O4. The number of rotatable bonds is 6. The highest BCUT2D eigenvalue weighted by atomic mass is 16.5. The van der Waals surface area contributed by atoms with Crippen LogP contribution in [0.1, 0.15) is 31.7 Å². The minimum Gasteiger partial charge on any atom is -0.481 e. The second kappa shape index (κ2) is 9.14. The molecule has 3 heterocycles. The van der Waals surface area contributed by atoms with E-state index in [2.05, 4.69) is 21.7 Å². The van der Waals surface area contributed by atoms with Crippen molar-refractivity contribution in [3.8, 4) is 23.6 Å². The lowest BCUT2D eigenvalue weighted by molar-refractivity contribution is -0.136. The highest BCUT2D eigenvalue weighted by Crippen LogP contribution is 2.25. The molecule has 1 aliphatic rings. The lowest BCUT2D eigenvalue weighted by Gasteiger charge is -2.27. The van der Waals surface area contributed by atoms with Crippen molar-refractivity contribution in [2.24, 2.45) is 7.05 Å². The fourth-order valence-electron chi connectivity index (χ4n) is 3.82. The molecule has 1 N–H and O–H groups in total. The maximum Gasteiger partial charge on any atom is 0.307 e. The van der Waals surface area contributed by atoms with Gasteiger partial charge < -0.3 is 14.7 Å². The molecule has 0 amide bonds. The van der Waals surface area contributed by atoms with E-state index < -0.39 is 5.97 Å². The number of ether oxygens (including phenoxy) is 1. The Morgan fingerprint density at radius 2 is 1.88 bits per heavy atom. The van der Waals surface area contributed by atoms with E-state index in [1.807, 2.05) is 4.57 Å². The number of aliphatic carboxylic acids is 1. The Hall–Kier alpha value is -3.80. The van der Waals surface area contributed by atoms with Gasteiger partial charge in [-0.05, 0) is 43.9 Å². The number of carbonyl (C=O) groups is 1. The maximum absolute atomic E-state index is 13.2. The van der Waals surface area contributed by atoms with Crippen LogP contribution in [-0.4, -0.2) is 43.3 Å². The predicted octanol–water partition coefficient (Wildman–Crippen LogP) is 2.56. The predicted molar refractivity (Wildman–Crippen MR) is 120 cm³/mol. The van der Waals surface area contributed by atoms with Crippen molar-refractivity contribution in [2.75, 3.05) is 18.0 Å². The number of imidazole rings is 1. The standard InChI is InChI=1S/C23H25N5O4/c1-3-4-14-28-19-20(24-22(28)27-12-6-5-7-13-27)25-23(26(2)21(19)31)32-17-10-8-16(9-11-17)15-18(29)30/h8-11H,5-7,12-15H2,1-2H3,(H,29,30). The average Bonchev–Trinajstić information content (AvgIpc) is 3.15. The molecule has 166 valence electrons. The highest BCUT2D eigenvalue weighted by molar-refractivity contribution is 5.75. The molecule has 32 heavy (non-hydrogen) atoms. The summed E-state index contributed by atoms with van der Waals surface area (Å²) >= 11 is 0. The molecule has 0 unspecified atom stereocenters. The number of anilines is 1. The van der Waals surface area contributed by atoms with Crippen molar-refractivity contribution in [3.63, 3.8) is 0 Å². The van der Waals surface area contributed by atoms with Crippen molar-refractivity contribution in [1.29, 1.82) is 0 Å². The van der Waals surface area contributed by atoms with Crippen molar-refractivity contribution in [2.45, 2.75) is 39.2 Å². The van der Waals surface area contributed by atoms with E-state index in [-0.39, 0.29) is 18.0 Å². The summed E-state index contributed by atoms with van der Waals surface area (Å²) in [5.41, 5.74) is 1.12. The highest BCUT2D eigenvalue weighted by Gasteiger charge is 2.23. The lowest BCUT2D eigenvalue weighted by Crippen LogP contribution is -2.32. The summed E-state index contributed by atoms with van der Waals surface area (Å²) in [4.78, 5) is 35.5. The topological polar surface area (TPSA) is 102 Å². The van der Waals surface area contributed by atoms with Gasteiger partial charge in [0.2, 0.25) is 5.95 Å². The molecule has 0 saturated carbocycles. The quantitative estimate of drug-likeness (QED) is 0.594. The summed E-state index contributed by atoms with van der Waals surface area (Å²) in [5, 5.41) is 8.91. The third kappa shape index (κ3) is 4.30. The number of hydrogen-bond acceptors (Lipinski definition) is 6. The smallest absolute Gasteiger partial charge is 0.307 e. The first-order valence-electron chi connectivity index (χ1n) is 10.6. The Balaban J connectivity index is 1.73. The van der Waals surface area contributed by atoms with Gasteiger partial charge in [-0.15, -0.1) is 5.92 Å². The maximum atomic E-state index is 13.2. The lowest BCUT2D eigenvalue weighted by atomic mass is 10.1. The van der Waals surface area contributed by atoms with Crippen LogP contribution in [0, 0.1) is 11.8 Å². The zero-order valence-electron chi connectivity index (χ0n) is 18.2. The molecule has 0 aliphatic carbocycles. The Kier molecular flexibility index (Phi) is 6.12. The van der Waals surface area contributed by atoms with E-state index in [0.717, 1.165) is 25.9 Å². The third-order valence-corrected chi connectivity index (χ3v) is 5.47. The van der Waals surface area contributed by atoms with Crippen molar-refractivity contribution in [1.82, 2.24) is 19.1 Å². The normalized spacial score (nSPS) is 13.6. The average molecular weight is 435 g/mol. The monoisotopic (exact) mass is 435 g/mol. The van der Waals surface area contributed by atoms with Gasteiger partial charge in [-0.3, -0.25) is 18.7 Å². The molecular weight excluding hydrogens is 410 g/mol. The summed E-state index contributed by atoms with van der Waals surface area (Å²) < 4.78 is 9.04. The molecule has 4 rings (SSSR count). The molecule has 3 aromatic rings. The number of hydrogen-bond donors (Lipinski definition) is 1. The first-order valence-corrected chi connectivity index (χ1v) is 10.6. The van der Waals surface area contributed by atoms with Crippen LogP contribution in [0.2, 0.25) is 0 Å². The summed E-state index contributed by atoms with van der Waals surface area (Å²) in [6.45, 7) is 3.90. The number of piperidine rings is 1. The van der Waals surface area contributed by atoms with Crippen molar-refractivity contribution >= 4 is 23.1 Å². The van der Waals surface area contributed by atoms with Crippen LogP contribution in [0.15, 0.2) is 29.1 Å². The summed E-state index contributed by atoms with van der Waals surface area (Å²) in [6.07, 6.45) is 3.29. The van der Waals surface area contributed by atoms with Crippen LogP contribution < -0.4 is 15.2 Å². The summed E-state index contributed by atoms with van der Waals surface area (Å²) in [7, 11) is 1.60. The number of fused-ring (bicyclic) bond motifs is 1. The van der Waals surface area contributed by atoms with Gasteiger partial charge in [0.15, 0.2) is 11.2 Å². The van der Waals surface area contributed by atoms with Crippen molar-refractivity contribution < 1.29 is 14.6 Å². The molecule has 9 heteroatoms. The fraction of sp³-hybridized carbons (Fsp3) is 0.391. The van der Waals surface area contributed by atoms with E-state index >= 15 is 0 Å². The number of carboxylic acid groups (broad SMARTS) is 1. The van der Waals surface area contributed by atoms with E-state index in [9.17, 15) is 9.59 Å². The molecule has 1 aliphatic heterocycles. The van der Waals surface area contributed by atoms with E-state index in [1.54, 1.807) is 38.2 Å². The first kappa shape index (κ1) is 21.4. The molecule has 0 spiro atoms. The fourth-order valence-corrected chi connectivity index (χ4v) is 3.82. The van der Waals surface area contributed by atoms with Gasteiger partial charge >= 0.3 is 12.0 Å². The minimum absolute atomic E-state index is 0.0691. The molecule has 2 aromatic heterocycles. The Morgan fingerprint density at radius 1 is 1.16 bits per heavy atom. The van der Waals surface area contributed by atoms with Crippen LogP contribution in [-0.2, 0) is 24.8 Å². The van der Waals surface area contributed by atoms with Gasteiger partial charge in [-0.1, -0.05) is 18.1 Å². The number of carboxylic acids is 1. The van der Waals surface area contributed by atoms with Gasteiger partial charge in [0.25, 0.3) is 5.56 Å². The number of aromatic nitrogens is 4. The molecule has 1 aromatic carbocycles. The summed E-state index contributed by atoms with van der Waals surface area (Å²) in [6, 6.07) is 6.77. The molecule has 1 saturated heterocycles. The Morgan fingerprint density at radius 3 is 2.53 bits per heavy atom. The summed E-state index contributed by atoms with van der Waals surface area (Å²) in [5.74, 6) is 6.19. The largest absolute Gasteiger partial charge is 0.481 e. The zero-order valence-corrected chi connectivity index (χ0v) is 18.2. The first-order chi connectivity index (χ1) is 15.5. The molecule has 1 fully saturated rings. The van der Waals surface area contributed by atoms with Gasteiger partial charge in [-0.2, -0.15) is 9.97 Å². The number of nitrogens with zero attached hydrogens (tertiary/aromatic N) is 5. The van der Waals surface area contributed by atoms with Gasteiger partial charge in [0.1, 0.15) is 5.75 Å². The molecule has 9 nitrogen and oxygen atoms in total. The Bertz CT molecular complexity index is 1260. The van der Waals surface area contributed by atoms with Crippen molar-refractivity contribution in [3.05, 3.63) is 40.2 Å². The zero-order chi connectivity index (χ0) is 22.7. The number of benzene rings is 1.